The summed E-state index contributed by atoms with van der Waals surface area (Å²) in [6, 6.07) is 9.70. The molecule has 0 spiro atoms. The maximum absolute atomic E-state index is 12.6. The number of alkyl halides is 3. The van der Waals surface area contributed by atoms with E-state index in [0.29, 0.717) is 11.3 Å². The van der Waals surface area contributed by atoms with Gasteiger partial charge in [0.1, 0.15) is 5.75 Å². The van der Waals surface area contributed by atoms with Crippen molar-refractivity contribution in [1.82, 2.24) is 0 Å². The number of hydrogen-bond acceptors (Lipinski definition) is 2. The van der Waals surface area contributed by atoms with Crippen molar-refractivity contribution in [2.45, 2.75) is 12.7 Å². The van der Waals surface area contributed by atoms with Crippen molar-refractivity contribution in [3.05, 3.63) is 58.6 Å². The van der Waals surface area contributed by atoms with Crippen molar-refractivity contribution >= 4 is 17.3 Å². The lowest BCUT2D eigenvalue weighted by Crippen LogP contribution is -2.06. The van der Waals surface area contributed by atoms with Crippen molar-refractivity contribution in [3.8, 4) is 5.75 Å². The summed E-state index contributed by atoms with van der Waals surface area (Å²) in [5, 5.41) is 12.7. The molecule has 0 fully saturated rings. The molecule has 0 saturated carbocycles. The number of aromatic hydroxyl groups is 1. The number of rotatable bonds is 3. The van der Waals surface area contributed by atoms with Crippen molar-refractivity contribution in [3.63, 3.8) is 0 Å². The van der Waals surface area contributed by atoms with Crippen molar-refractivity contribution in [2.24, 2.45) is 0 Å². The van der Waals surface area contributed by atoms with Gasteiger partial charge < -0.3 is 10.4 Å². The van der Waals surface area contributed by atoms with E-state index < -0.39 is 11.7 Å². The fraction of sp³-hybridized carbons (Fsp3) is 0.143. The summed E-state index contributed by atoms with van der Waals surface area (Å²) in [5.41, 5.74) is 0.104. The Kier molecular flexibility index (Phi) is 4.09. The molecular weight excluding hydrogens is 291 g/mol. The number of benzene rings is 2. The average molecular weight is 302 g/mol. The first-order valence-electron chi connectivity index (χ1n) is 5.75. The maximum atomic E-state index is 12.6. The molecule has 0 aliphatic carbocycles. The Labute approximate surface area is 118 Å². The van der Waals surface area contributed by atoms with Crippen LogP contribution < -0.4 is 5.32 Å². The molecule has 0 atom stereocenters. The lowest BCUT2D eigenvalue weighted by Gasteiger charge is -2.11. The Morgan fingerprint density at radius 1 is 1.10 bits per heavy atom. The molecule has 0 radical (unpaired) electrons. The third-order valence-electron chi connectivity index (χ3n) is 2.74. The van der Waals surface area contributed by atoms with Gasteiger partial charge in [-0.3, -0.25) is 0 Å². The summed E-state index contributed by atoms with van der Waals surface area (Å²) in [5.74, 6) is -0.0753. The average Bonchev–Trinajstić information content (AvgIpc) is 2.40. The van der Waals surface area contributed by atoms with Crippen LogP contribution >= 0.6 is 11.6 Å². The monoisotopic (exact) mass is 301 g/mol. The van der Waals surface area contributed by atoms with Crippen molar-refractivity contribution in [2.75, 3.05) is 5.32 Å². The Morgan fingerprint density at radius 3 is 2.50 bits per heavy atom. The van der Waals surface area contributed by atoms with Crippen molar-refractivity contribution in [1.29, 1.82) is 0 Å². The third kappa shape index (κ3) is 3.36. The highest BCUT2D eigenvalue weighted by atomic mass is 35.5. The van der Waals surface area contributed by atoms with Gasteiger partial charge in [0.15, 0.2) is 0 Å². The Hall–Kier alpha value is -1.88. The minimum atomic E-state index is -4.38. The fourth-order valence-electron chi connectivity index (χ4n) is 1.71. The zero-order valence-electron chi connectivity index (χ0n) is 10.2. The van der Waals surface area contributed by atoms with Crippen LogP contribution in [-0.4, -0.2) is 5.11 Å². The van der Waals surface area contributed by atoms with Crippen LogP contribution in [0, 0.1) is 0 Å². The first kappa shape index (κ1) is 14.5. The lowest BCUT2D eigenvalue weighted by atomic mass is 10.1. The van der Waals surface area contributed by atoms with Crippen LogP contribution in [0.3, 0.4) is 0 Å². The largest absolute Gasteiger partial charge is 0.506 e. The van der Waals surface area contributed by atoms with Gasteiger partial charge in [0, 0.05) is 17.8 Å². The van der Waals surface area contributed by atoms with E-state index in [-0.39, 0.29) is 17.3 Å². The van der Waals surface area contributed by atoms with Crippen molar-refractivity contribution < 1.29 is 18.3 Å². The molecule has 0 aliphatic rings. The molecule has 2 nitrogen and oxygen atoms in total. The highest BCUT2D eigenvalue weighted by Crippen LogP contribution is 2.31. The van der Waals surface area contributed by atoms with Gasteiger partial charge in [-0.1, -0.05) is 29.8 Å². The smallest absolute Gasteiger partial charge is 0.416 e. The Bertz CT molecular complexity index is 614. The molecule has 2 rings (SSSR count). The second-order valence-electron chi connectivity index (χ2n) is 4.18. The van der Waals surface area contributed by atoms with E-state index in [0.717, 1.165) is 12.1 Å². The standard InChI is InChI=1S/C14H11ClF3NO/c15-12-6-1-3-9(13(12)20)8-19-11-5-2-4-10(7-11)14(16,17)18/h1-7,19-20H,8H2. The zero-order chi connectivity index (χ0) is 14.8. The normalized spacial score (nSPS) is 11.4. The van der Waals surface area contributed by atoms with Gasteiger partial charge in [0.2, 0.25) is 0 Å². The summed E-state index contributed by atoms with van der Waals surface area (Å²) in [6.45, 7) is 0.174. The molecular formula is C14H11ClF3NO. The third-order valence-corrected chi connectivity index (χ3v) is 3.05. The molecule has 0 heterocycles. The van der Waals surface area contributed by atoms with E-state index in [1.54, 1.807) is 12.1 Å². The number of nitrogens with one attached hydrogen (secondary N) is 1. The molecule has 6 heteroatoms. The molecule has 20 heavy (non-hydrogen) atoms. The van der Waals surface area contributed by atoms with Crippen LogP contribution in [0.5, 0.6) is 5.75 Å². The molecule has 0 unspecified atom stereocenters. The number of phenols is 1. The van der Waals surface area contributed by atoms with E-state index in [2.05, 4.69) is 5.32 Å². The predicted octanol–water partition coefficient (Wildman–Crippen LogP) is 4.68. The molecule has 0 bridgehead atoms. The summed E-state index contributed by atoms with van der Waals surface area (Å²) in [6.07, 6.45) is -4.38. The quantitative estimate of drug-likeness (QED) is 0.863. The first-order valence-corrected chi connectivity index (χ1v) is 6.13. The van der Waals surface area contributed by atoms with Gasteiger partial charge >= 0.3 is 6.18 Å². The highest BCUT2D eigenvalue weighted by molar-refractivity contribution is 6.32. The lowest BCUT2D eigenvalue weighted by molar-refractivity contribution is -0.137. The van der Waals surface area contributed by atoms with Crippen LogP contribution in [0.15, 0.2) is 42.5 Å². The van der Waals surface area contributed by atoms with Gasteiger partial charge in [0.25, 0.3) is 0 Å². The summed E-state index contributed by atoms with van der Waals surface area (Å²) >= 11 is 5.75. The minimum absolute atomic E-state index is 0.0753. The van der Waals surface area contributed by atoms with Gasteiger partial charge in [0.05, 0.1) is 10.6 Å². The zero-order valence-corrected chi connectivity index (χ0v) is 11.0. The molecule has 0 saturated heterocycles. The van der Waals surface area contributed by atoms with Gasteiger partial charge in [-0.25, -0.2) is 0 Å². The van der Waals surface area contributed by atoms with E-state index in [1.165, 1.54) is 18.2 Å². The number of para-hydroxylation sites is 1. The molecule has 2 aromatic carbocycles. The summed E-state index contributed by atoms with van der Waals surface area (Å²) in [4.78, 5) is 0. The van der Waals surface area contributed by atoms with E-state index in [9.17, 15) is 18.3 Å². The SMILES string of the molecule is Oc1c(Cl)cccc1CNc1cccc(C(F)(F)F)c1. The second kappa shape index (κ2) is 5.63. The number of phenolic OH excluding ortho intramolecular Hbond substituents is 1. The molecule has 2 aromatic rings. The highest BCUT2D eigenvalue weighted by Gasteiger charge is 2.30. The molecule has 106 valence electrons. The molecule has 0 aliphatic heterocycles. The molecule has 2 N–H and O–H groups in total. The Balaban J connectivity index is 2.13. The van der Waals surface area contributed by atoms with Gasteiger partial charge in [-0.2, -0.15) is 13.2 Å². The Morgan fingerprint density at radius 2 is 1.80 bits per heavy atom. The van der Waals surface area contributed by atoms with Crippen LogP contribution in [0.1, 0.15) is 11.1 Å². The van der Waals surface area contributed by atoms with Crippen LogP contribution in [0.2, 0.25) is 5.02 Å². The molecule has 0 amide bonds. The summed E-state index contributed by atoms with van der Waals surface area (Å²) < 4.78 is 37.7. The number of hydrogen-bond donors (Lipinski definition) is 2. The van der Waals surface area contributed by atoms with Crippen LogP contribution in [-0.2, 0) is 12.7 Å². The number of halogens is 4. The van der Waals surface area contributed by atoms with Gasteiger partial charge in [-0.15, -0.1) is 0 Å². The fourth-order valence-corrected chi connectivity index (χ4v) is 1.90. The minimum Gasteiger partial charge on any atom is -0.506 e. The first-order chi connectivity index (χ1) is 9.38. The van der Waals surface area contributed by atoms with Crippen LogP contribution in [0.4, 0.5) is 18.9 Å². The van der Waals surface area contributed by atoms with Crippen LogP contribution in [0.25, 0.3) is 0 Å². The van der Waals surface area contributed by atoms with E-state index in [1.807, 2.05) is 0 Å². The maximum Gasteiger partial charge on any atom is 0.416 e. The predicted molar refractivity (Wildman–Crippen MR) is 71.9 cm³/mol. The number of anilines is 1. The summed E-state index contributed by atoms with van der Waals surface area (Å²) in [7, 11) is 0. The topological polar surface area (TPSA) is 32.3 Å². The molecule has 0 aromatic heterocycles. The second-order valence-corrected chi connectivity index (χ2v) is 4.59. The van der Waals surface area contributed by atoms with E-state index >= 15 is 0 Å². The van der Waals surface area contributed by atoms with Gasteiger partial charge in [-0.05, 0) is 24.3 Å². The van der Waals surface area contributed by atoms with E-state index in [4.69, 9.17) is 11.6 Å².